The van der Waals surface area contributed by atoms with Gasteiger partial charge in [0.15, 0.2) is 5.13 Å². The van der Waals surface area contributed by atoms with Crippen LogP contribution in [0.15, 0.2) is 16.9 Å². The maximum Gasteiger partial charge on any atom is 0.416 e. The van der Waals surface area contributed by atoms with Crippen LogP contribution in [-0.4, -0.2) is 47.5 Å². The standard InChI is InChI=1S/C19H23F3N4O3S.ClH/c1-2-3-4-6-24-7-5-8-25(10-9-24)18-23-17(27)14-11-13(19(20,21)22)12-15(26(28)29)16(14)30-18;/h11-12H,2-10H2,1H3;1H. The molecule has 3 rings (SSSR count). The second-order valence-electron chi connectivity index (χ2n) is 7.32. The Morgan fingerprint density at radius 3 is 2.58 bits per heavy atom. The molecule has 0 amide bonds. The molecule has 0 saturated carbocycles. The Bertz CT molecular complexity index is 986. The molecular weight excluding hydrogens is 457 g/mol. The highest BCUT2D eigenvalue weighted by atomic mass is 35.5. The molecule has 7 nitrogen and oxygen atoms in total. The maximum atomic E-state index is 13.1. The van der Waals surface area contributed by atoms with Crippen molar-refractivity contribution in [2.24, 2.45) is 0 Å². The van der Waals surface area contributed by atoms with Crippen LogP contribution >= 0.6 is 23.7 Å². The Labute approximate surface area is 187 Å². The summed E-state index contributed by atoms with van der Waals surface area (Å²) in [5.74, 6) is 0. The highest BCUT2D eigenvalue weighted by Crippen LogP contribution is 2.38. The number of nitro benzene ring substituents is 1. The number of fused-ring (bicyclic) bond motifs is 1. The second kappa shape index (κ2) is 10.6. The molecule has 1 aliphatic heterocycles. The van der Waals surface area contributed by atoms with Gasteiger partial charge >= 0.3 is 6.18 Å². The highest BCUT2D eigenvalue weighted by Gasteiger charge is 2.34. The van der Waals surface area contributed by atoms with Crippen LogP contribution in [0.25, 0.3) is 10.1 Å². The summed E-state index contributed by atoms with van der Waals surface area (Å²) in [6.45, 7) is 6.07. The van der Waals surface area contributed by atoms with Gasteiger partial charge in [0.05, 0.1) is 15.9 Å². The van der Waals surface area contributed by atoms with Gasteiger partial charge in [-0.05, 0) is 32.0 Å². The minimum Gasteiger partial charge on any atom is -0.347 e. The first-order chi connectivity index (χ1) is 14.2. The van der Waals surface area contributed by atoms with E-state index in [1.54, 1.807) is 0 Å². The van der Waals surface area contributed by atoms with Crippen molar-refractivity contribution >= 4 is 44.6 Å². The number of aromatic nitrogens is 1. The molecule has 0 atom stereocenters. The smallest absolute Gasteiger partial charge is 0.347 e. The molecule has 0 bridgehead atoms. The van der Waals surface area contributed by atoms with Crippen LogP contribution in [0.3, 0.4) is 0 Å². The summed E-state index contributed by atoms with van der Waals surface area (Å²) in [4.78, 5) is 31.2. The van der Waals surface area contributed by atoms with Gasteiger partial charge in [-0.2, -0.15) is 18.2 Å². The van der Waals surface area contributed by atoms with Crippen molar-refractivity contribution < 1.29 is 18.1 Å². The molecule has 0 unspecified atom stereocenters. The third-order valence-corrected chi connectivity index (χ3v) is 6.32. The van der Waals surface area contributed by atoms with E-state index in [0.717, 1.165) is 56.7 Å². The Morgan fingerprint density at radius 2 is 1.94 bits per heavy atom. The molecule has 172 valence electrons. The molecule has 0 spiro atoms. The van der Waals surface area contributed by atoms with Crippen LogP contribution < -0.4 is 10.5 Å². The first-order valence-electron chi connectivity index (χ1n) is 9.88. The minimum atomic E-state index is -4.79. The normalized spacial score (nSPS) is 15.5. The van der Waals surface area contributed by atoms with Crippen LogP contribution in [0.2, 0.25) is 0 Å². The van der Waals surface area contributed by atoms with Gasteiger partial charge in [0.2, 0.25) is 0 Å². The van der Waals surface area contributed by atoms with Crippen molar-refractivity contribution in [1.82, 2.24) is 9.88 Å². The van der Waals surface area contributed by atoms with E-state index in [1.165, 1.54) is 0 Å². The SMILES string of the molecule is CCCCCN1CCCN(c2nc(=O)c3cc(C(F)(F)F)cc([N+](=O)[O-])c3s2)CC1.Cl. The quantitative estimate of drug-likeness (QED) is 0.338. The molecule has 2 heterocycles. The van der Waals surface area contributed by atoms with Crippen molar-refractivity contribution in [3.63, 3.8) is 0 Å². The number of hydrogen-bond donors (Lipinski definition) is 0. The molecule has 0 aliphatic carbocycles. The zero-order valence-electron chi connectivity index (χ0n) is 17.0. The van der Waals surface area contributed by atoms with Gasteiger partial charge in [0.1, 0.15) is 4.70 Å². The number of rotatable bonds is 6. The van der Waals surface area contributed by atoms with Crippen molar-refractivity contribution in [2.75, 3.05) is 37.6 Å². The van der Waals surface area contributed by atoms with Crippen molar-refractivity contribution in [3.05, 3.63) is 38.2 Å². The average molecular weight is 481 g/mol. The number of unbranched alkanes of at least 4 members (excludes halogenated alkanes) is 2. The van der Waals surface area contributed by atoms with Crippen LogP contribution in [0.4, 0.5) is 24.0 Å². The largest absolute Gasteiger partial charge is 0.416 e. The third-order valence-electron chi connectivity index (χ3n) is 5.15. The van der Waals surface area contributed by atoms with Gasteiger partial charge in [-0.25, -0.2) is 0 Å². The lowest BCUT2D eigenvalue weighted by molar-refractivity contribution is -0.383. The van der Waals surface area contributed by atoms with Crippen LogP contribution in [0.5, 0.6) is 0 Å². The van der Waals surface area contributed by atoms with Crippen molar-refractivity contribution in [3.8, 4) is 0 Å². The highest BCUT2D eigenvalue weighted by molar-refractivity contribution is 7.22. The van der Waals surface area contributed by atoms with E-state index in [4.69, 9.17) is 0 Å². The number of hydrogen-bond acceptors (Lipinski definition) is 7. The number of halogens is 4. The summed E-state index contributed by atoms with van der Waals surface area (Å²) in [5.41, 5.74) is -2.82. The number of nitrogens with zero attached hydrogens (tertiary/aromatic N) is 4. The summed E-state index contributed by atoms with van der Waals surface area (Å²) in [6, 6.07) is 1.13. The number of non-ortho nitro benzene ring substituents is 1. The maximum absolute atomic E-state index is 13.1. The first-order valence-corrected chi connectivity index (χ1v) is 10.7. The fourth-order valence-electron chi connectivity index (χ4n) is 3.55. The predicted octanol–water partition coefficient (Wildman–Crippen LogP) is 4.71. The topological polar surface area (TPSA) is 79.6 Å². The van der Waals surface area contributed by atoms with Gasteiger partial charge < -0.3 is 9.80 Å². The molecule has 1 saturated heterocycles. The summed E-state index contributed by atoms with van der Waals surface area (Å²) < 4.78 is 39.2. The number of anilines is 1. The molecule has 31 heavy (non-hydrogen) atoms. The molecule has 0 radical (unpaired) electrons. The second-order valence-corrected chi connectivity index (χ2v) is 8.30. The average Bonchev–Trinajstić information content (AvgIpc) is 2.92. The number of benzene rings is 1. The van der Waals surface area contributed by atoms with Crippen LogP contribution in [-0.2, 0) is 6.18 Å². The van der Waals surface area contributed by atoms with E-state index >= 15 is 0 Å². The monoisotopic (exact) mass is 480 g/mol. The fraction of sp³-hybridized carbons (Fsp3) is 0.579. The van der Waals surface area contributed by atoms with Crippen molar-refractivity contribution in [1.29, 1.82) is 0 Å². The van der Waals surface area contributed by atoms with Gasteiger partial charge in [-0.15, -0.1) is 12.4 Å². The van der Waals surface area contributed by atoms with E-state index in [-0.39, 0.29) is 22.5 Å². The minimum absolute atomic E-state index is 0. The summed E-state index contributed by atoms with van der Waals surface area (Å²) >= 11 is 0.901. The Balaban J connectivity index is 0.00000341. The Kier molecular flexibility index (Phi) is 8.61. The third kappa shape index (κ3) is 6.05. The fourth-order valence-corrected chi connectivity index (χ4v) is 4.66. The lowest BCUT2D eigenvalue weighted by Gasteiger charge is -2.22. The van der Waals surface area contributed by atoms with Crippen LogP contribution in [0, 0.1) is 10.1 Å². The summed E-state index contributed by atoms with van der Waals surface area (Å²) in [7, 11) is 0. The molecule has 12 heteroatoms. The zero-order valence-corrected chi connectivity index (χ0v) is 18.6. The Morgan fingerprint density at radius 1 is 1.19 bits per heavy atom. The van der Waals surface area contributed by atoms with Gasteiger partial charge in [0, 0.05) is 25.7 Å². The van der Waals surface area contributed by atoms with E-state index in [2.05, 4.69) is 16.8 Å². The van der Waals surface area contributed by atoms with Gasteiger partial charge in [-0.3, -0.25) is 14.9 Å². The van der Waals surface area contributed by atoms with E-state index in [1.807, 2.05) is 4.90 Å². The molecular formula is C19H24ClF3N4O3S. The first kappa shape index (κ1) is 25.3. The van der Waals surface area contributed by atoms with Crippen LogP contribution in [0.1, 0.15) is 38.2 Å². The van der Waals surface area contributed by atoms with E-state index < -0.39 is 27.9 Å². The molecule has 2 aromatic rings. The lowest BCUT2D eigenvalue weighted by atomic mass is 10.1. The van der Waals surface area contributed by atoms with Gasteiger partial charge in [-0.1, -0.05) is 31.1 Å². The van der Waals surface area contributed by atoms with E-state index in [0.29, 0.717) is 30.4 Å². The Hall–Kier alpha value is -1.98. The van der Waals surface area contributed by atoms with Crippen molar-refractivity contribution in [2.45, 2.75) is 38.8 Å². The summed E-state index contributed by atoms with van der Waals surface area (Å²) in [5, 5.41) is 11.4. The number of alkyl halides is 3. The van der Waals surface area contributed by atoms with Gasteiger partial charge in [0.25, 0.3) is 11.2 Å². The summed E-state index contributed by atoms with van der Waals surface area (Å²) in [6.07, 6.45) is -0.518. The lowest BCUT2D eigenvalue weighted by Crippen LogP contribution is -2.32. The molecule has 1 aromatic heterocycles. The molecule has 0 N–H and O–H groups in total. The molecule has 1 aliphatic rings. The zero-order chi connectivity index (χ0) is 21.9. The van der Waals surface area contributed by atoms with E-state index in [9.17, 15) is 28.1 Å². The molecule has 1 fully saturated rings. The molecule has 1 aromatic carbocycles. The number of nitro groups is 1. The predicted molar refractivity (Wildman–Crippen MR) is 118 cm³/mol.